The van der Waals surface area contributed by atoms with Crippen molar-refractivity contribution in [3.63, 3.8) is 0 Å². The van der Waals surface area contributed by atoms with Crippen molar-refractivity contribution in [3.8, 4) is 23.0 Å². The quantitative estimate of drug-likeness (QED) is 0.355. The third-order valence-electron chi connectivity index (χ3n) is 3.89. The lowest BCUT2D eigenvalue weighted by molar-refractivity contribution is -0.116. The molecule has 2 aliphatic heterocycles. The van der Waals surface area contributed by atoms with Crippen molar-refractivity contribution < 1.29 is 39.6 Å². The van der Waals surface area contributed by atoms with Gasteiger partial charge < -0.3 is 20.4 Å². The fraction of sp³-hybridized carbons (Fsp3) is 0. The minimum atomic E-state index is -0.484. The fourth-order valence-corrected chi connectivity index (χ4v) is 3.78. The Labute approximate surface area is 188 Å². The molecule has 0 radical (unpaired) electrons. The van der Waals surface area contributed by atoms with Crippen LogP contribution in [0.3, 0.4) is 0 Å². The molecule has 0 bridgehead atoms. The van der Waals surface area contributed by atoms with Gasteiger partial charge in [-0.15, -0.1) is 0 Å². The zero-order valence-corrected chi connectivity index (χ0v) is 17.5. The Morgan fingerprint density at radius 2 is 1.00 bits per heavy atom. The molecule has 0 saturated carbocycles. The summed E-state index contributed by atoms with van der Waals surface area (Å²) in [6, 6.07) is 7.98. The van der Waals surface area contributed by atoms with Crippen LogP contribution in [-0.2, 0) is 9.59 Å². The first-order valence-electron chi connectivity index (χ1n) is 8.66. The van der Waals surface area contributed by atoms with Crippen LogP contribution in [0.2, 0.25) is 0 Å². The summed E-state index contributed by atoms with van der Waals surface area (Å²) < 4.78 is 0. The molecule has 4 rings (SSSR count). The lowest BCUT2D eigenvalue weighted by Gasteiger charge is -2.00. The highest BCUT2D eigenvalue weighted by atomic mass is 32.2. The molecule has 2 heterocycles. The Kier molecular flexibility index (Phi) is 6.76. The molecule has 32 heavy (non-hydrogen) atoms. The van der Waals surface area contributed by atoms with Gasteiger partial charge in [0, 0.05) is 23.3 Å². The van der Waals surface area contributed by atoms with Crippen LogP contribution in [0.25, 0.3) is 12.2 Å². The number of thioether (sulfide) groups is 2. The molecule has 2 fully saturated rings. The molecule has 6 N–H and O–H groups in total. The first-order valence-corrected chi connectivity index (χ1v) is 10.3. The number of phenolic OH excluding ortho intramolecular Hbond substituents is 4. The Morgan fingerprint density at radius 3 is 1.28 bits per heavy atom. The Hall–Kier alpha value is -3.90. The maximum atomic E-state index is 11.2. The van der Waals surface area contributed by atoms with Crippen molar-refractivity contribution in [3.05, 3.63) is 57.3 Å². The number of nitrogens with one attached hydrogen (secondary N) is 2. The Balaban J connectivity index is 0.000000181. The number of aromatic hydroxyl groups is 4. The van der Waals surface area contributed by atoms with Crippen LogP contribution >= 0.6 is 23.5 Å². The lowest BCUT2D eigenvalue weighted by Crippen LogP contribution is -2.17. The highest BCUT2D eigenvalue weighted by molar-refractivity contribution is 8.18. The highest BCUT2D eigenvalue weighted by Gasteiger charge is 2.26. The molecule has 0 spiro atoms. The van der Waals surface area contributed by atoms with E-state index in [1.807, 2.05) is 0 Å². The number of benzene rings is 2. The molecule has 12 heteroatoms. The number of carbonyl (C=O) groups is 4. The standard InChI is InChI=1S/2C10H7NO4S/c2*12-6-2-1-5(7(13)4-6)3-8-9(14)11-10(15)16-8/h2*1-4,12-13H,(H,11,14,15). The van der Waals surface area contributed by atoms with Crippen molar-refractivity contribution >= 4 is 58.0 Å². The minimum Gasteiger partial charge on any atom is -0.508 e. The summed E-state index contributed by atoms with van der Waals surface area (Å²) in [5.41, 5.74) is 0.732. The second-order valence-corrected chi connectivity index (χ2v) is 8.22. The summed E-state index contributed by atoms with van der Waals surface area (Å²) in [6.45, 7) is 0. The SMILES string of the molecule is O=C1NC(=O)C(=Cc2ccc(O)cc2O)S1.O=C1NC(=O)C(=Cc2ccc(O)cc2O)S1. The molecule has 2 aliphatic rings. The number of amides is 4. The number of carbonyl (C=O) groups excluding carboxylic acids is 4. The van der Waals surface area contributed by atoms with Gasteiger partial charge >= 0.3 is 0 Å². The largest absolute Gasteiger partial charge is 0.508 e. The average Bonchev–Trinajstić information content (AvgIpc) is 3.19. The molecule has 164 valence electrons. The van der Waals surface area contributed by atoms with E-state index in [2.05, 4.69) is 10.6 Å². The van der Waals surface area contributed by atoms with Crippen molar-refractivity contribution in [1.82, 2.24) is 10.6 Å². The van der Waals surface area contributed by atoms with E-state index in [0.717, 1.165) is 35.7 Å². The van der Waals surface area contributed by atoms with Crippen LogP contribution < -0.4 is 10.6 Å². The van der Waals surface area contributed by atoms with E-state index >= 15 is 0 Å². The predicted octanol–water partition coefficient (Wildman–Crippen LogP) is 2.84. The van der Waals surface area contributed by atoms with E-state index in [-0.39, 0.29) is 32.8 Å². The molecular formula is C20H14N2O8S2. The third kappa shape index (κ3) is 5.62. The van der Waals surface area contributed by atoms with Gasteiger partial charge in [-0.25, -0.2) is 0 Å². The van der Waals surface area contributed by atoms with Gasteiger partial charge in [-0.05, 0) is 59.9 Å². The first-order chi connectivity index (χ1) is 15.1. The molecule has 0 aliphatic carbocycles. The van der Waals surface area contributed by atoms with Crippen molar-refractivity contribution in [2.45, 2.75) is 0 Å². The summed E-state index contributed by atoms with van der Waals surface area (Å²) in [6.07, 6.45) is 2.78. The van der Waals surface area contributed by atoms with Crippen molar-refractivity contribution in [2.75, 3.05) is 0 Å². The molecule has 4 amide bonds. The van der Waals surface area contributed by atoms with E-state index < -0.39 is 22.3 Å². The minimum absolute atomic E-state index is 0.0701. The van der Waals surface area contributed by atoms with Gasteiger partial charge in [0.25, 0.3) is 22.3 Å². The summed E-state index contributed by atoms with van der Waals surface area (Å²) in [5.74, 6) is -1.41. The van der Waals surface area contributed by atoms with Crippen LogP contribution in [-0.4, -0.2) is 42.7 Å². The van der Waals surface area contributed by atoms with Crippen LogP contribution in [0.4, 0.5) is 9.59 Å². The second kappa shape index (κ2) is 9.49. The first kappa shape index (κ1) is 22.8. The monoisotopic (exact) mass is 474 g/mol. The topological polar surface area (TPSA) is 173 Å². The van der Waals surface area contributed by atoms with E-state index in [1.165, 1.54) is 36.4 Å². The maximum Gasteiger partial charge on any atom is 0.290 e. The van der Waals surface area contributed by atoms with Crippen LogP contribution in [0.5, 0.6) is 23.0 Å². The summed E-state index contributed by atoms with van der Waals surface area (Å²) in [5, 5.41) is 40.4. The number of hydrogen-bond donors (Lipinski definition) is 6. The van der Waals surface area contributed by atoms with Gasteiger partial charge in [0.1, 0.15) is 23.0 Å². The number of hydrogen-bond acceptors (Lipinski definition) is 10. The van der Waals surface area contributed by atoms with Crippen LogP contribution in [0, 0.1) is 0 Å². The number of rotatable bonds is 2. The number of phenols is 4. The third-order valence-corrected chi connectivity index (χ3v) is 5.51. The predicted molar refractivity (Wildman–Crippen MR) is 118 cm³/mol. The molecule has 2 aromatic carbocycles. The van der Waals surface area contributed by atoms with Crippen molar-refractivity contribution in [1.29, 1.82) is 0 Å². The summed E-state index contributed by atoms with van der Waals surface area (Å²) >= 11 is 1.54. The maximum absolute atomic E-state index is 11.2. The molecule has 10 nitrogen and oxygen atoms in total. The molecule has 0 atom stereocenters. The molecule has 0 unspecified atom stereocenters. The van der Waals surface area contributed by atoms with Gasteiger partial charge in [-0.3, -0.25) is 29.8 Å². The fourth-order valence-electron chi connectivity index (χ4n) is 2.43. The van der Waals surface area contributed by atoms with Crippen molar-refractivity contribution in [2.24, 2.45) is 0 Å². The van der Waals surface area contributed by atoms with Gasteiger partial charge in [0.05, 0.1) is 9.81 Å². The zero-order valence-electron chi connectivity index (χ0n) is 15.9. The molecule has 2 aromatic rings. The van der Waals surface area contributed by atoms with Gasteiger partial charge in [0.15, 0.2) is 0 Å². The van der Waals surface area contributed by atoms with Gasteiger partial charge in [-0.1, -0.05) is 0 Å². The Morgan fingerprint density at radius 1 is 0.625 bits per heavy atom. The normalized spacial score (nSPS) is 17.9. The molecule has 0 aromatic heterocycles. The van der Waals surface area contributed by atoms with E-state index in [1.54, 1.807) is 0 Å². The number of imide groups is 2. The summed E-state index contributed by atoms with van der Waals surface area (Å²) in [4.78, 5) is 44.6. The zero-order chi connectivity index (χ0) is 23.4. The van der Waals surface area contributed by atoms with Crippen LogP contribution in [0.15, 0.2) is 46.2 Å². The van der Waals surface area contributed by atoms with E-state index in [4.69, 9.17) is 10.2 Å². The van der Waals surface area contributed by atoms with Gasteiger partial charge in [-0.2, -0.15) is 0 Å². The summed E-state index contributed by atoms with van der Waals surface area (Å²) in [7, 11) is 0. The van der Waals surface area contributed by atoms with E-state index in [0.29, 0.717) is 11.1 Å². The van der Waals surface area contributed by atoms with Crippen LogP contribution in [0.1, 0.15) is 11.1 Å². The molecular weight excluding hydrogens is 460 g/mol. The lowest BCUT2D eigenvalue weighted by atomic mass is 10.2. The van der Waals surface area contributed by atoms with E-state index in [9.17, 15) is 29.4 Å². The molecule has 2 saturated heterocycles. The van der Waals surface area contributed by atoms with Gasteiger partial charge in [0.2, 0.25) is 0 Å². The Bertz CT molecular complexity index is 1110. The highest BCUT2D eigenvalue weighted by Crippen LogP contribution is 2.31. The smallest absolute Gasteiger partial charge is 0.290 e. The second-order valence-electron chi connectivity index (χ2n) is 6.19. The average molecular weight is 474 g/mol.